The molecule has 2 aromatic rings. The van der Waals surface area contributed by atoms with Gasteiger partial charge in [-0.1, -0.05) is 29.3 Å². The number of ether oxygens (including phenoxy) is 1. The number of hydrogen-bond donors (Lipinski definition) is 2. The van der Waals surface area contributed by atoms with Crippen LogP contribution in [0.4, 0.5) is 0 Å². The van der Waals surface area contributed by atoms with Crippen LogP contribution in [-0.4, -0.2) is 10.8 Å². The first-order valence-corrected chi connectivity index (χ1v) is 6.76. The van der Waals surface area contributed by atoms with Gasteiger partial charge >= 0.3 is 0 Å². The number of nitrogens with zero attached hydrogens (tertiary/aromatic N) is 1. The van der Waals surface area contributed by atoms with Crippen molar-refractivity contribution in [2.45, 2.75) is 12.5 Å². The molecule has 0 amide bonds. The van der Waals surface area contributed by atoms with Crippen LogP contribution < -0.4 is 10.5 Å². The zero-order valence-corrected chi connectivity index (χ0v) is 11.9. The summed E-state index contributed by atoms with van der Waals surface area (Å²) in [6.07, 6.45) is 0.407. The fourth-order valence-corrected chi connectivity index (χ4v) is 2.81. The van der Waals surface area contributed by atoms with Crippen molar-refractivity contribution in [2.75, 3.05) is 0 Å². The van der Waals surface area contributed by atoms with Crippen molar-refractivity contribution in [1.29, 1.82) is 5.41 Å². The van der Waals surface area contributed by atoms with Gasteiger partial charge in [-0.3, -0.25) is 5.41 Å². The monoisotopic (exact) mass is 307 g/mol. The van der Waals surface area contributed by atoms with Crippen molar-refractivity contribution in [3.05, 3.63) is 57.3 Å². The minimum atomic E-state index is -0.236. The average molecular weight is 308 g/mol. The van der Waals surface area contributed by atoms with Crippen LogP contribution in [0.2, 0.25) is 10.0 Å². The van der Waals surface area contributed by atoms with Gasteiger partial charge in [0.2, 0.25) is 0 Å². The summed E-state index contributed by atoms with van der Waals surface area (Å²) in [5.74, 6) is 0.583. The lowest BCUT2D eigenvalue weighted by atomic mass is 10.1. The van der Waals surface area contributed by atoms with Crippen molar-refractivity contribution in [3.8, 4) is 5.75 Å². The summed E-state index contributed by atoms with van der Waals surface area (Å²) >= 11 is 12.1. The molecule has 102 valence electrons. The second kappa shape index (κ2) is 4.96. The van der Waals surface area contributed by atoms with Gasteiger partial charge in [0, 0.05) is 17.0 Å². The van der Waals surface area contributed by atoms with Crippen molar-refractivity contribution < 1.29 is 4.74 Å². The third-order valence-corrected chi connectivity index (χ3v) is 3.63. The standard InChI is InChI=1S/C14H11Cl2N3O/c15-8-4-7-5-12(20-13(7)9(16)6-8)10-2-1-3-11(19-10)14(17)18/h1-4,6,12H,5H2,(H3,17,18). The molecule has 0 radical (unpaired) electrons. The number of amidine groups is 1. The number of nitrogens with one attached hydrogen (secondary N) is 1. The maximum absolute atomic E-state index is 7.43. The number of halogens is 2. The van der Waals surface area contributed by atoms with E-state index >= 15 is 0 Å². The van der Waals surface area contributed by atoms with E-state index in [-0.39, 0.29) is 11.9 Å². The lowest BCUT2D eigenvalue weighted by Gasteiger charge is -2.11. The SMILES string of the molecule is N=C(N)c1cccc(C2Cc3cc(Cl)cc(Cl)c3O2)n1. The molecule has 0 saturated carbocycles. The normalized spacial score (nSPS) is 16.6. The Balaban J connectivity index is 1.94. The minimum absolute atomic E-state index is 0.0663. The van der Waals surface area contributed by atoms with Gasteiger partial charge in [0.05, 0.1) is 10.7 Å². The molecule has 1 atom stereocenters. The summed E-state index contributed by atoms with van der Waals surface area (Å²) in [7, 11) is 0. The summed E-state index contributed by atoms with van der Waals surface area (Å²) in [4.78, 5) is 4.34. The van der Waals surface area contributed by atoms with Crippen LogP contribution in [0.1, 0.15) is 23.1 Å². The molecule has 4 nitrogen and oxygen atoms in total. The fourth-order valence-electron chi connectivity index (χ4n) is 2.23. The highest BCUT2D eigenvalue weighted by Crippen LogP contribution is 2.42. The van der Waals surface area contributed by atoms with E-state index in [9.17, 15) is 0 Å². The highest BCUT2D eigenvalue weighted by Gasteiger charge is 2.28. The van der Waals surface area contributed by atoms with Gasteiger partial charge in [0.1, 0.15) is 23.4 Å². The third kappa shape index (κ3) is 2.32. The Morgan fingerprint density at radius 3 is 2.90 bits per heavy atom. The summed E-state index contributed by atoms with van der Waals surface area (Å²) in [6.45, 7) is 0. The van der Waals surface area contributed by atoms with Crippen LogP contribution in [0.15, 0.2) is 30.3 Å². The van der Waals surface area contributed by atoms with Crippen molar-refractivity contribution in [3.63, 3.8) is 0 Å². The molecule has 3 N–H and O–H groups in total. The Bertz CT molecular complexity index is 703. The molecule has 1 aromatic carbocycles. The Labute approximate surface area is 126 Å². The summed E-state index contributed by atoms with van der Waals surface area (Å²) in [5, 5.41) is 8.51. The van der Waals surface area contributed by atoms with Crippen molar-refractivity contribution >= 4 is 29.0 Å². The average Bonchev–Trinajstić information content (AvgIpc) is 2.83. The quantitative estimate of drug-likeness (QED) is 0.660. The van der Waals surface area contributed by atoms with E-state index in [1.54, 1.807) is 18.2 Å². The molecule has 0 spiro atoms. The third-order valence-electron chi connectivity index (χ3n) is 3.13. The highest BCUT2D eigenvalue weighted by molar-refractivity contribution is 6.35. The van der Waals surface area contributed by atoms with E-state index in [0.29, 0.717) is 27.9 Å². The minimum Gasteiger partial charge on any atom is -0.482 e. The van der Waals surface area contributed by atoms with Gasteiger partial charge in [0.15, 0.2) is 0 Å². The lowest BCUT2D eigenvalue weighted by Crippen LogP contribution is -2.15. The van der Waals surface area contributed by atoms with Gasteiger partial charge in [0.25, 0.3) is 0 Å². The van der Waals surface area contributed by atoms with Crippen LogP contribution in [0.5, 0.6) is 5.75 Å². The molecule has 0 bridgehead atoms. The molecule has 6 heteroatoms. The largest absolute Gasteiger partial charge is 0.482 e. The van der Waals surface area contributed by atoms with E-state index in [4.69, 9.17) is 39.1 Å². The smallest absolute Gasteiger partial charge is 0.145 e. The predicted octanol–water partition coefficient (Wildman–Crippen LogP) is 3.35. The van der Waals surface area contributed by atoms with E-state index in [1.807, 2.05) is 12.1 Å². The number of benzene rings is 1. The highest BCUT2D eigenvalue weighted by atomic mass is 35.5. The number of fused-ring (bicyclic) bond motifs is 1. The maximum atomic E-state index is 7.43. The zero-order valence-electron chi connectivity index (χ0n) is 10.4. The molecule has 0 fully saturated rings. The van der Waals surface area contributed by atoms with E-state index in [0.717, 1.165) is 11.3 Å². The molecule has 1 aliphatic heterocycles. The molecule has 2 heterocycles. The number of aromatic nitrogens is 1. The van der Waals surface area contributed by atoms with Gasteiger partial charge in [-0.25, -0.2) is 4.98 Å². The molecule has 3 rings (SSSR count). The van der Waals surface area contributed by atoms with E-state index in [1.165, 1.54) is 0 Å². The molecular weight excluding hydrogens is 297 g/mol. The first-order chi connectivity index (χ1) is 9.54. The summed E-state index contributed by atoms with van der Waals surface area (Å²) < 4.78 is 5.85. The molecule has 1 unspecified atom stereocenters. The lowest BCUT2D eigenvalue weighted by molar-refractivity contribution is 0.233. The van der Waals surface area contributed by atoms with Crippen LogP contribution in [0.3, 0.4) is 0 Å². The Morgan fingerprint density at radius 1 is 1.35 bits per heavy atom. The number of nitrogen functional groups attached to an aromatic ring is 1. The first kappa shape index (κ1) is 13.2. The first-order valence-electron chi connectivity index (χ1n) is 6.00. The van der Waals surface area contributed by atoms with Crippen LogP contribution in [-0.2, 0) is 6.42 Å². The topological polar surface area (TPSA) is 72.0 Å². The summed E-state index contributed by atoms with van der Waals surface area (Å²) in [5.41, 5.74) is 7.57. The van der Waals surface area contributed by atoms with Gasteiger partial charge in [-0.05, 0) is 24.3 Å². The van der Waals surface area contributed by atoms with Gasteiger partial charge in [-0.2, -0.15) is 0 Å². The zero-order chi connectivity index (χ0) is 14.3. The van der Waals surface area contributed by atoms with Crippen LogP contribution >= 0.6 is 23.2 Å². The van der Waals surface area contributed by atoms with Crippen molar-refractivity contribution in [2.24, 2.45) is 5.73 Å². The Morgan fingerprint density at radius 2 is 2.15 bits per heavy atom. The molecule has 0 aliphatic carbocycles. The van der Waals surface area contributed by atoms with Gasteiger partial charge < -0.3 is 10.5 Å². The number of pyridine rings is 1. The number of rotatable bonds is 2. The second-order valence-corrected chi connectivity index (χ2v) is 5.39. The molecule has 1 aliphatic rings. The van der Waals surface area contributed by atoms with Crippen molar-refractivity contribution in [1.82, 2.24) is 4.98 Å². The molecule has 20 heavy (non-hydrogen) atoms. The van der Waals surface area contributed by atoms with Crippen LogP contribution in [0, 0.1) is 5.41 Å². The molecular formula is C14H11Cl2N3O. The second-order valence-electron chi connectivity index (χ2n) is 4.55. The fraction of sp³-hybridized carbons (Fsp3) is 0.143. The maximum Gasteiger partial charge on any atom is 0.145 e. The summed E-state index contributed by atoms with van der Waals surface area (Å²) in [6, 6.07) is 8.84. The number of nitrogens with two attached hydrogens (primary N) is 1. The Hall–Kier alpha value is -1.78. The molecule has 0 saturated heterocycles. The van der Waals surface area contributed by atoms with Crippen LogP contribution in [0.25, 0.3) is 0 Å². The molecule has 1 aromatic heterocycles. The Kier molecular flexibility index (Phi) is 3.28. The van der Waals surface area contributed by atoms with E-state index < -0.39 is 0 Å². The predicted molar refractivity (Wildman–Crippen MR) is 78.8 cm³/mol. The van der Waals surface area contributed by atoms with E-state index in [2.05, 4.69) is 4.98 Å². The number of hydrogen-bond acceptors (Lipinski definition) is 3. The van der Waals surface area contributed by atoms with Gasteiger partial charge in [-0.15, -0.1) is 0 Å².